The number of fused-ring (bicyclic) bond motifs is 1. The molecule has 1 aromatic heterocycles. The van der Waals surface area contributed by atoms with E-state index in [2.05, 4.69) is 0 Å². The van der Waals surface area contributed by atoms with Gasteiger partial charge in [-0.2, -0.15) is 0 Å². The zero-order valence-corrected chi connectivity index (χ0v) is 20.1. The predicted molar refractivity (Wildman–Crippen MR) is 129 cm³/mol. The van der Waals surface area contributed by atoms with Gasteiger partial charge in [-0.15, -0.1) is 0 Å². The molecule has 33 heavy (non-hydrogen) atoms. The average molecular weight is 507 g/mol. The quantitative estimate of drug-likeness (QED) is 0.464. The van der Waals surface area contributed by atoms with Gasteiger partial charge in [-0.05, 0) is 18.1 Å². The third kappa shape index (κ3) is 5.35. The highest BCUT2D eigenvalue weighted by atomic mass is 35.6. The molecule has 3 aromatic rings. The lowest BCUT2D eigenvalue weighted by atomic mass is 9.97. The van der Waals surface area contributed by atoms with Crippen molar-refractivity contribution >= 4 is 40.9 Å². The van der Waals surface area contributed by atoms with E-state index in [-0.39, 0.29) is 24.8 Å². The highest BCUT2D eigenvalue weighted by Crippen LogP contribution is 2.28. The van der Waals surface area contributed by atoms with Gasteiger partial charge in [0, 0.05) is 13.0 Å². The third-order valence-corrected chi connectivity index (χ3v) is 5.87. The maximum Gasteiger partial charge on any atom is 0.410 e. The number of alkyl halides is 3. The first kappa shape index (κ1) is 23.6. The zero-order valence-electron chi connectivity index (χ0n) is 17.9. The zero-order chi connectivity index (χ0) is 23.6. The van der Waals surface area contributed by atoms with E-state index in [1.807, 2.05) is 67.6 Å². The Morgan fingerprint density at radius 3 is 2.18 bits per heavy atom. The molecule has 1 aliphatic heterocycles. The van der Waals surface area contributed by atoms with E-state index in [9.17, 15) is 9.59 Å². The van der Waals surface area contributed by atoms with Crippen LogP contribution in [0, 0.1) is 6.92 Å². The van der Waals surface area contributed by atoms with Crippen molar-refractivity contribution in [3.8, 4) is 0 Å². The van der Waals surface area contributed by atoms with Crippen LogP contribution in [0.3, 0.4) is 0 Å². The number of nitrogens with zero attached hydrogens (tertiary/aromatic N) is 3. The molecule has 0 unspecified atom stereocenters. The summed E-state index contributed by atoms with van der Waals surface area (Å²) in [6, 6.07) is 19.3. The Balaban J connectivity index is 1.74. The first-order valence-corrected chi connectivity index (χ1v) is 11.6. The Hall–Kier alpha value is -2.54. The standard InChI is InChI=1S/C24H22Cl3N3O3/c1-16-28-20-12-13-29(23(32)33-15-24(25,26)27)14-19(20)22(31)30(16)21(17-8-4-2-5-9-17)18-10-6-3-7-11-18/h2-11,21H,12-15H2,1H3. The lowest BCUT2D eigenvalue weighted by Gasteiger charge is -2.30. The van der Waals surface area contributed by atoms with Crippen LogP contribution in [0.5, 0.6) is 0 Å². The van der Waals surface area contributed by atoms with Crippen LogP contribution >= 0.6 is 34.8 Å². The molecule has 0 N–H and O–H groups in total. The fraction of sp³-hybridized carbons (Fsp3) is 0.292. The number of hydrogen-bond acceptors (Lipinski definition) is 4. The minimum absolute atomic E-state index is 0.0798. The molecule has 4 rings (SSSR count). The normalized spacial score (nSPS) is 13.7. The van der Waals surface area contributed by atoms with E-state index in [1.165, 1.54) is 4.90 Å². The molecule has 1 amide bonds. The fourth-order valence-electron chi connectivity index (χ4n) is 4.06. The van der Waals surface area contributed by atoms with Crippen molar-refractivity contribution in [3.05, 3.63) is 99.2 Å². The maximum atomic E-state index is 13.8. The van der Waals surface area contributed by atoms with E-state index in [4.69, 9.17) is 44.5 Å². The molecule has 0 atom stereocenters. The summed E-state index contributed by atoms with van der Waals surface area (Å²) in [5.74, 6) is 0.615. The monoisotopic (exact) mass is 505 g/mol. The third-order valence-electron chi connectivity index (χ3n) is 5.54. The van der Waals surface area contributed by atoms with E-state index in [0.29, 0.717) is 30.0 Å². The molecule has 6 nitrogen and oxygen atoms in total. The van der Waals surface area contributed by atoms with Gasteiger partial charge in [0.1, 0.15) is 12.4 Å². The van der Waals surface area contributed by atoms with Gasteiger partial charge in [0.05, 0.1) is 23.8 Å². The minimum atomic E-state index is -1.70. The van der Waals surface area contributed by atoms with Gasteiger partial charge < -0.3 is 9.64 Å². The lowest BCUT2D eigenvalue weighted by molar-refractivity contribution is 0.0988. The largest absolute Gasteiger partial charge is 0.445 e. The highest BCUT2D eigenvalue weighted by Gasteiger charge is 2.30. The Morgan fingerprint density at radius 1 is 1.06 bits per heavy atom. The molecule has 9 heteroatoms. The van der Waals surface area contributed by atoms with Gasteiger partial charge in [-0.3, -0.25) is 9.36 Å². The van der Waals surface area contributed by atoms with Gasteiger partial charge in [0.2, 0.25) is 3.79 Å². The minimum Gasteiger partial charge on any atom is -0.445 e. The van der Waals surface area contributed by atoms with Crippen LogP contribution in [0.4, 0.5) is 4.79 Å². The van der Waals surface area contributed by atoms with Crippen LogP contribution in [0.15, 0.2) is 65.5 Å². The molecular formula is C24H22Cl3N3O3. The number of halogens is 3. The van der Waals surface area contributed by atoms with Gasteiger partial charge in [0.25, 0.3) is 5.56 Å². The van der Waals surface area contributed by atoms with Crippen molar-refractivity contribution in [3.63, 3.8) is 0 Å². The van der Waals surface area contributed by atoms with Crippen LogP contribution in [0.1, 0.15) is 34.3 Å². The number of carbonyl (C=O) groups excluding carboxylic acids is 1. The summed E-state index contributed by atoms with van der Waals surface area (Å²) in [4.78, 5) is 32.5. The number of hydrogen-bond donors (Lipinski definition) is 0. The second-order valence-electron chi connectivity index (χ2n) is 7.82. The molecular weight excluding hydrogens is 485 g/mol. The van der Waals surface area contributed by atoms with E-state index in [1.54, 1.807) is 4.57 Å². The number of aryl methyl sites for hydroxylation is 1. The van der Waals surface area contributed by atoms with Crippen LogP contribution in [-0.4, -0.2) is 37.5 Å². The van der Waals surface area contributed by atoms with E-state index < -0.39 is 9.89 Å². The smallest absolute Gasteiger partial charge is 0.410 e. The highest BCUT2D eigenvalue weighted by molar-refractivity contribution is 6.67. The van der Waals surface area contributed by atoms with Crippen LogP contribution in [0.25, 0.3) is 0 Å². The SMILES string of the molecule is Cc1nc2c(c(=O)n1C(c1ccccc1)c1ccccc1)CN(C(=O)OCC(Cl)(Cl)Cl)CC2. The Morgan fingerprint density at radius 2 is 1.64 bits per heavy atom. The van der Waals surface area contributed by atoms with Crippen molar-refractivity contribution in [1.82, 2.24) is 14.5 Å². The molecule has 1 aliphatic rings. The van der Waals surface area contributed by atoms with Crippen molar-refractivity contribution in [2.45, 2.75) is 29.7 Å². The van der Waals surface area contributed by atoms with Crippen LogP contribution < -0.4 is 5.56 Å². The lowest BCUT2D eigenvalue weighted by Crippen LogP contribution is -2.43. The molecule has 0 radical (unpaired) electrons. The number of benzene rings is 2. The molecule has 0 saturated heterocycles. The molecule has 2 heterocycles. The number of aromatic nitrogens is 2. The van der Waals surface area contributed by atoms with Crippen molar-refractivity contribution in [2.24, 2.45) is 0 Å². The summed E-state index contributed by atoms with van der Waals surface area (Å²) in [5.41, 5.74) is 2.90. The summed E-state index contributed by atoms with van der Waals surface area (Å²) in [5, 5.41) is 0. The molecule has 0 spiro atoms. The predicted octanol–water partition coefficient (Wildman–Crippen LogP) is 5.05. The van der Waals surface area contributed by atoms with Gasteiger partial charge in [0.15, 0.2) is 0 Å². The molecule has 0 fully saturated rings. The number of rotatable bonds is 4. The van der Waals surface area contributed by atoms with Gasteiger partial charge in [-0.25, -0.2) is 9.78 Å². The van der Waals surface area contributed by atoms with Crippen molar-refractivity contribution in [2.75, 3.05) is 13.2 Å². The Labute approximate surface area is 206 Å². The van der Waals surface area contributed by atoms with Crippen molar-refractivity contribution in [1.29, 1.82) is 0 Å². The fourth-order valence-corrected chi connectivity index (χ4v) is 4.23. The molecule has 0 aliphatic carbocycles. The first-order chi connectivity index (χ1) is 15.7. The second kappa shape index (κ2) is 9.75. The summed E-state index contributed by atoms with van der Waals surface area (Å²) in [7, 11) is 0. The number of amides is 1. The Bertz CT molecular complexity index is 1160. The van der Waals surface area contributed by atoms with Crippen LogP contribution in [0.2, 0.25) is 0 Å². The molecule has 0 saturated carbocycles. The molecule has 172 valence electrons. The Kier molecular flexibility index (Phi) is 6.98. The van der Waals surface area contributed by atoms with Gasteiger partial charge in [-0.1, -0.05) is 95.5 Å². The average Bonchev–Trinajstić information content (AvgIpc) is 2.80. The summed E-state index contributed by atoms with van der Waals surface area (Å²) >= 11 is 17.1. The summed E-state index contributed by atoms with van der Waals surface area (Å²) in [6.07, 6.45) is -0.197. The number of carbonyl (C=O) groups is 1. The second-order valence-corrected chi connectivity index (χ2v) is 10.3. The number of ether oxygens (including phenoxy) is 1. The summed E-state index contributed by atoms with van der Waals surface area (Å²) < 4.78 is 5.10. The first-order valence-electron chi connectivity index (χ1n) is 10.4. The van der Waals surface area contributed by atoms with E-state index in [0.717, 1.165) is 11.1 Å². The van der Waals surface area contributed by atoms with Gasteiger partial charge >= 0.3 is 6.09 Å². The van der Waals surface area contributed by atoms with E-state index >= 15 is 0 Å². The molecule has 0 bridgehead atoms. The maximum absolute atomic E-state index is 13.8. The molecule has 2 aromatic carbocycles. The van der Waals surface area contributed by atoms with Crippen LogP contribution in [-0.2, 0) is 17.7 Å². The summed E-state index contributed by atoms with van der Waals surface area (Å²) in [6.45, 7) is 1.90. The van der Waals surface area contributed by atoms with Crippen molar-refractivity contribution < 1.29 is 9.53 Å². The topological polar surface area (TPSA) is 64.4 Å².